The van der Waals surface area contributed by atoms with Crippen molar-refractivity contribution in [2.75, 3.05) is 17.7 Å². The molecule has 0 aliphatic rings. The van der Waals surface area contributed by atoms with Gasteiger partial charge in [0, 0.05) is 24.8 Å². The minimum absolute atomic E-state index is 0.0746. The van der Waals surface area contributed by atoms with E-state index in [1.165, 1.54) is 11.7 Å². The molecular formula is C18H18N6O3. The normalized spacial score (nSPS) is 10.4. The van der Waals surface area contributed by atoms with Gasteiger partial charge in [0.05, 0.1) is 11.9 Å². The van der Waals surface area contributed by atoms with Gasteiger partial charge in [0.2, 0.25) is 5.91 Å². The highest BCUT2D eigenvalue weighted by Gasteiger charge is 2.08. The van der Waals surface area contributed by atoms with Gasteiger partial charge in [0.1, 0.15) is 5.52 Å². The molecule has 9 heteroatoms. The third-order valence-electron chi connectivity index (χ3n) is 3.83. The van der Waals surface area contributed by atoms with Crippen LogP contribution in [-0.2, 0) is 11.3 Å². The van der Waals surface area contributed by atoms with Crippen LogP contribution in [-0.4, -0.2) is 34.0 Å². The lowest BCUT2D eigenvalue weighted by molar-refractivity contribution is -0.116. The number of hydrogen-bond acceptors (Lipinski definition) is 5. The molecule has 0 atom stereocenters. The van der Waals surface area contributed by atoms with E-state index in [0.717, 1.165) is 0 Å². The molecule has 1 heterocycles. The van der Waals surface area contributed by atoms with Crippen molar-refractivity contribution < 1.29 is 9.59 Å². The van der Waals surface area contributed by atoms with E-state index in [1.54, 1.807) is 48.5 Å². The number of rotatable bonds is 5. The summed E-state index contributed by atoms with van der Waals surface area (Å²) in [6.45, 7) is 0.124. The van der Waals surface area contributed by atoms with Crippen LogP contribution in [0.1, 0.15) is 6.42 Å². The molecule has 1 aromatic heterocycles. The third-order valence-corrected chi connectivity index (χ3v) is 3.83. The second kappa shape index (κ2) is 8.09. The predicted octanol–water partition coefficient (Wildman–Crippen LogP) is 1.57. The lowest BCUT2D eigenvalue weighted by atomic mass is 10.2. The van der Waals surface area contributed by atoms with Crippen LogP contribution in [0.4, 0.5) is 16.2 Å². The van der Waals surface area contributed by atoms with Gasteiger partial charge in [-0.25, -0.2) is 9.48 Å². The number of carbonyl (C=O) groups is 2. The smallest absolute Gasteiger partial charge is 0.318 e. The molecule has 0 fully saturated rings. The molecule has 9 nitrogen and oxygen atoms in total. The SMILES string of the molecule is CNC(=O)Nc1ccc(NC(=O)CCn2nnc3ccccc3c2=O)cc1. The summed E-state index contributed by atoms with van der Waals surface area (Å²) in [7, 11) is 1.52. The fourth-order valence-electron chi connectivity index (χ4n) is 2.43. The highest BCUT2D eigenvalue weighted by atomic mass is 16.2. The number of aromatic nitrogens is 3. The molecule has 3 amide bonds. The van der Waals surface area contributed by atoms with Crippen LogP contribution in [0.2, 0.25) is 0 Å². The van der Waals surface area contributed by atoms with Crippen LogP contribution in [0, 0.1) is 0 Å². The zero-order chi connectivity index (χ0) is 19.2. The van der Waals surface area contributed by atoms with Crippen molar-refractivity contribution in [2.45, 2.75) is 13.0 Å². The molecule has 138 valence electrons. The Kier molecular flexibility index (Phi) is 5.41. The Morgan fingerprint density at radius 2 is 1.67 bits per heavy atom. The number of nitrogens with one attached hydrogen (secondary N) is 3. The molecule has 0 bridgehead atoms. The lowest BCUT2D eigenvalue weighted by Crippen LogP contribution is -2.26. The fraction of sp³-hybridized carbons (Fsp3) is 0.167. The molecule has 0 aliphatic carbocycles. The second-order valence-electron chi connectivity index (χ2n) is 5.71. The molecule has 0 spiro atoms. The first-order chi connectivity index (χ1) is 13.1. The number of fused-ring (bicyclic) bond motifs is 1. The van der Waals surface area contributed by atoms with Crippen molar-refractivity contribution in [3.8, 4) is 0 Å². The van der Waals surface area contributed by atoms with Gasteiger partial charge >= 0.3 is 6.03 Å². The van der Waals surface area contributed by atoms with Gasteiger partial charge in [-0.1, -0.05) is 17.3 Å². The molecule has 3 aromatic rings. The molecule has 0 saturated carbocycles. The topological polar surface area (TPSA) is 118 Å². The Bertz CT molecular complexity index is 1030. The van der Waals surface area contributed by atoms with Gasteiger partial charge in [-0.2, -0.15) is 0 Å². The van der Waals surface area contributed by atoms with E-state index in [2.05, 4.69) is 26.3 Å². The number of urea groups is 1. The number of anilines is 2. The van der Waals surface area contributed by atoms with E-state index in [1.807, 2.05) is 0 Å². The molecule has 0 unspecified atom stereocenters. The summed E-state index contributed by atoms with van der Waals surface area (Å²) in [4.78, 5) is 35.7. The van der Waals surface area contributed by atoms with E-state index in [9.17, 15) is 14.4 Å². The van der Waals surface area contributed by atoms with E-state index >= 15 is 0 Å². The first-order valence-electron chi connectivity index (χ1n) is 8.28. The van der Waals surface area contributed by atoms with Crippen molar-refractivity contribution in [1.29, 1.82) is 0 Å². The highest BCUT2D eigenvalue weighted by molar-refractivity contribution is 5.92. The quantitative estimate of drug-likeness (QED) is 0.633. The molecular weight excluding hydrogens is 348 g/mol. The summed E-state index contributed by atoms with van der Waals surface area (Å²) >= 11 is 0. The molecule has 2 aromatic carbocycles. The second-order valence-corrected chi connectivity index (χ2v) is 5.71. The van der Waals surface area contributed by atoms with Gasteiger partial charge in [-0.05, 0) is 36.4 Å². The van der Waals surface area contributed by atoms with Crippen LogP contribution in [0.5, 0.6) is 0 Å². The van der Waals surface area contributed by atoms with E-state index in [0.29, 0.717) is 22.3 Å². The van der Waals surface area contributed by atoms with Crippen LogP contribution in [0.3, 0.4) is 0 Å². The Balaban J connectivity index is 1.59. The van der Waals surface area contributed by atoms with Crippen LogP contribution >= 0.6 is 0 Å². The zero-order valence-corrected chi connectivity index (χ0v) is 14.6. The van der Waals surface area contributed by atoms with E-state index in [4.69, 9.17) is 0 Å². The largest absolute Gasteiger partial charge is 0.341 e. The number of carbonyl (C=O) groups excluding carboxylic acids is 2. The number of amides is 3. The summed E-state index contributed by atoms with van der Waals surface area (Å²) in [5, 5.41) is 16.1. The van der Waals surface area contributed by atoms with Crippen molar-refractivity contribution in [1.82, 2.24) is 20.3 Å². The Morgan fingerprint density at radius 1 is 1.00 bits per heavy atom. The third kappa shape index (κ3) is 4.46. The summed E-state index contributed by atoms with van der Waals surface area (Å²) in [6, 6.07) is 13.3. The predicted molar refractivity (Wildman–Crippen MR) is 102 cm³/mol. The summed E-state index contributed by atoms with van der Waals surface area (Å²) in [6.07, 6.45) is 0.0746. The minimum Gasteiger partial charge on any atom is -0.341 e. The van der Waals surface area contributed by atoms with E-state index in [-0.39, 0.29) is 30.5 Å². The van der Waals surface area contributed by atoms with Crippen molar-refractivity contribution in [3.05, 3.63) is 58.9 Å². The first-order valence-corrected chi connectivity index (χ1v) is 8.28. The van der Waals surface area contributed by atoms with Gasteiger partial charge < -0.3 is 16.0 Å². The molecule has 27 heavy (non-hydrogen) atoms. The van der Waals surface area contributed by atoms with Gasteiger partial charge in [-0.3, -0.25) is 9.59 Å². The average Bonchev–Trinajstić information content (AvgIpc) is 2.69. The summed E-state index contributed by atoms with van der Waals surface area (Å²) in [5.41, 5.74) is 1.43. The maximum atomic E-state index is 12.3. The number of aryl methyl sites for hydroxylation is 1. The highest BCUT2D eigenvalue weighted by Crippen LogP contribution is 2.13. The zero-order valence-electron chi connectivity index (χ0n) is 14.6. The Morgan fingerprint density at radius 3 is 2.37 bits per heavy atom. The number of nitrogens with zero attached hydrogens (tertiary/aromatic N) is 3. The number of hydrogen-bond donors (Lipinski definition) is 3. The number of benzene rings is 2. The van der Waals surface area contributed by atoms with Crippen LogP contribution in [0.15, 0.2) is 53.3 Å². The fourth-order valence-corrected chi connectivity index (χ4v) is 2.43. The van der Waals surface area contributed by atoms with E-state index < -0.39 is 0 Å². The average molecular weight is 366 g/mol. The van der Waals surface area contributed by atoms with Gasteiger partial charge in [-0.15, -0.1) is 5.10 Å². The Hall–Kier alpha value is -3.75. The van der Waals surface area contributed by atoms with Crippen LogP contribution in [0.25, 0.3) is 10.9 Å². The molecule has 0 aliphatic heterocycles. The molecule has 3 rings (SSSR count). The first kappa shape index (κ1) is 18.1. The maximum absolute atomic E-state index is 12.3. The standard InChI is InChI=1S/C18H18N6O3/c1-19-18(27)21-13-8-6-12(7-9-13)20-16(25)10-11-24-17(26)14-4-2-3-5-15(14)22-23-24/h2-9H,10-11H2,1H3,(H,20,25)(H2,19,21,27). The van der Waals surface area contributed by atoms with Crippen molar-refractivity contribution in [2.24, 2.45) is 0 Å². The lowest BCUT2D eigenvalue weighted by Gasteiger charge is -2.08. The van der Waals surface area contributed by atoms with Gasteiger partial charge in [0.15, 0.2) is 0 Å². The van der Waals surface area contributed by atoms with Crippen molar-refractivity contribution in [3.63, 3.8) is 0 Å². The summed E-state index contributed by atoms with van der Waals surface area (Å²) < 4.78 is 1.18. The Labute approximate surface area is 154 Å². The monoisotopic (exact) mass is 366 g/mol. The molecule has 0 saturated heterocycles. The maximum Gasteiger partial charge on any atom is 0.318 e. The van der Waals surface area contributed by atoms with Gasteiger partial charge in [0.25, 0.3) is 5.56 Å². The molecule has 0 radical (unpaired) electrons. The van der Waals surface area contributed by atoms with Crippen LogP contribution < -0.4 is 21.5 Å². The van der Waals surface area contributed by atoms with Crippen molar-refractivity contribution >= 4 is 34.2 Å². The summed E-state index contributed by atoms with van der Waals surface area (Å²) in [5.74, 6) is -0.260. The molecule has 3 N–H and O–H groups in total. The minimum atomic E-state index is -0.325.